The van der Waals surface area contributed by atoms with Crippen molar-refractivity contribution in [3.05, 3.63) is 17.8 Å². The van der Waals surface area contributed by atoms with Crippen molar-refractivity contribution in [2.45, 2.75) is 32.2 Å². The number of nitrogens with one attached hydrogen (secondary N) is 1. The fourth-order valence-electron chi connectivity index (χ4n) is 2.52. The van der Waals surface area contributed by atoms with E-state index >= 15 is 0 Å². The van der Waals surface area contributed by atoms with E-state index in [-0.39, 0.29) is 5.56 Å². The molecule has 6 heteroatoms. The number of carboxylic acids is 1. The molecule has 110 valence electrons. The molecular weight excluding hydrogens is 256 g/mol. The molecule has 0 saturated carbocycles. The van der Waals surface area contributed by atoms with Gasteiger partial charge in [0, 0.05) is 12.6 Å². The standard InChI is InChI=1S/C14H22N4O2/c1-10(18-5-3-2-4-6-18)8-16-13-12(14(19)20)7-11(15)9-17-13/h7,9-10H,2-6,8,15H2,1H3,(H,16,17)(H,19,20). The first-order valence-electron chi connectivity index (χ1n) is 7.04. The van der Waals surface area contributed by atoms with Crippen molar-refractivity contribution in [2.75, 3.05) is 30.7 Å². The van der Waals surface area contributed by atoms with Crippen LogP contribution in [0.15, 0.2) is 12.3 Å². The zero-order valence-corrected chi connectivity index (χ0v) is 11.8. The highest BCUT2D eigenvalue weighted by Crippen LogP contribution is 2.17. The Bertz CT molecular complexity index is 472. The maximum Gasteiger partial charge on any atom is 0.339 e. The van der Waals surface area contributed by atoms with Crippen LogP contribution in [0.5, 0.6) is 0 Å². The number of likely N-dealkylation sites (tertiary alicyclic amines) is 1. The summed E-state index contributed by atoms with van der Waals surface area (Å²) in [5, 5.41) is 12.3. The van der Waals surface area contributed by atoms with Crippen LogP contribution in [0.3, 0.4) is 0 Å². The SMILES string of the molecule is CC(CNc1ncc(N)cc1C(=O)O)N1CCCCC1. The summed E-state index contributed by atoms with van der Waals surface area (Å²) in [6, 6.07) is 1.79. The molecule has 4 N–H and O–H groups in total. The summed E-state index contributed by atoms with van der Waals surface area (Å²) < 4.78 is 0. The lowest BCUT2D eigenvalue weighted by molar-refractivity contribution is 0.0697. The van der Waals surface area contributed by atoms with E-state index in [2.05, 4.69) is 22.1 Å². The zero-order valence-electron chi connectivity index (χ0n) is 11.8. The van der Waals surface area contributed by atoms with Gasteiger partial charge < -0.3 is 16.2 Å². The zero-order chi connectivity index (χ0) is 14.5. The molecule has 0 amide bonds. The number of hydrogen-bond donors (Lipinski definition) is 3. The van der Waals surface area contributed by atoms with Crippen LogP contribution in [0, 0.1) is 0 Å². The fourth-order valence-corrected chi connectivity index (χ4v) is 2.52. The Morgan fingerprint density at radius 1 is 1.50 bits per heavy atom. The Morgan fingerprint density at radius 3 is 2.85 bits per heavy atom. The second kappa shape index (κ2) is 6.56. The van der Waals surface area contributed by atoms with Crippen LogP contribution in [-0.4, -0.2) is 46.6 Å². The van der Waals surface area contributed by atoms with Crippen LogP contribution in [0.1, 0.15) is 36.5 Å². The molecule has 1 aromatic heterocycles. The highest BCUT2D eigenvalue weighted by Gasteiger charge is 2.18. The molecule has 1 aliphatic heterocycles. The lowest BCUT2D eigenvalue weighted by Crippen LogP contribution is -2.41. The van der Waals surface area contributed by atoms with Gasteiger partial charge in [0.1, 0.15) is 11.4 Å². The normalized spacial score (nSPS) is 17.6. The maximum atomic E-state index is 11.2. The number of rotatable bonds is 5. The molecule has 0 spiro atoms. The third-order valence-corrected chi connectivity index (χ3v) is 3.72. The number of carbonyl (C=O) groups is 1. The second-order valence-corrected chi connectivity index (χ2v) is 5.30. The maximum absolute atomic E-state index is 11.2. The molecule has 1 aliphatic rings. The quantitative estimate of drug-likeness (QED) is 0.758. The minimum atomic E-state index is -1.02. The Labute approximate surface area is 119 Å². The molecule has 6 nitrogen and oxygen atoms in total. The van der Waals surface area contributed by atoms with Crippen LogP contribution < -0.4 is 11.1 Å². The van der Waals surface area contributed by atoms with Gasteiger partial charge in [-0.2, -0.15) is 0 Å². The topological polar surface area (TPSA) is 91.5 Å². The predicted octanol–water partition coefficient (Wildman–Crippen LogP) is 1.65. The summed E-state index contributed by atoms with van der Waals surface area (Å²) in [4.78, 5) is 17.7. The highest BCUT2D eigenvalue weighted by molar-refractivity contribution is 5.94. The third-order valence-electron chi connectivity index (χ3n) is 3.72. The lowest BCUT2D eigenvalue weighted by Gasteiger charge is -2.32. The summed E-state index contributed by atoms with van der Waals surface area (Å²) >= 11 is 0. The second-order valence-electron chi connectivity index (χ2n) is 5.30. The fraction of sp³-hybridized carbons (Fsp3) is 0.571. The molecule has 0 bridgehead atoms. The Morgan fingerprint density at radius 2 is 2.20 bits per heavy atom. The third kappa shape index (κ3) is 3.60. The first kappa shape index (κ1) is 14.6. The van der Waals surface area contributed by atoms with Gasteiger partial charge in [0.05, 0.1) is 11.9 Å². The number of aromatic carboxylic acids is 1. The molecule has 0 aromatic carbocycles. The number of anilines is 2. The van der Waals surface area contributed by atoms with Crippen LogP contribution in [-0.2, 0) is 0 Å². The molecule has 2 heterocycles. The van der Waals surface area contributed by atoms with Crippen molar-refractivity contribution in [1.82, 2.24) is 9.88 Å². The molecule has 1 aromatic rings. The summed E-state index contributed by atoms with van der Waals surface area (Å²) in [5.74, 6) is -0.631. The van der Waals surface area contributed by atoms with Crippen molar-refractivity contribution in [1.29, 1.82) is 0 Å². The number of nitrogen functional groups attached to an aromatic ring is 1. The number of carboxylic acid groups (broad SMARTS) is 1. The van der Waals surface area contributed by atoms with Crippen molar-refractivity contribution < 1.29 is 9.90 Å². The van der Waals surface area contributed by atoms with Gasteiger partial charge in [-0.15, -0.1) is 0 Å². The average Bonchev–Trinajstić information content (AvgIpc) is 2.46. The van der Waals surface area contributed by atoms with Crippen molar-refractivity contribution in [2.24, 2.45) is 0 Å². The minimum Gasteiger partial charge on any atom is -0.478 e. The average molecular weight is 278 g/mol. The van der Waals surface area contributed by atoms with Crippen molar-refractivity contribution in [3.8, 4) is 0 Å². The van der Waals surface area contributed by atoms with Gasteiger partial charge in [0.25, 0.3) is 0 Å². The van der Waals surface area contributed by atoms with Crippen LogP contribution in [0.2, 0.25) is 0 Å². The largest absolute Gasteiger partial charge is 0.478 e. The highest BCUT2D eigenvalue weighted by atomic mass is 16.4. The molecular formula is C14H22N4O2. The van der Waals surface area contributed by atoms with E-state index in [0.29, 0.717) is 24.1 Å². The van der Waals surface area contributed by atoms with Gasteiger partial charge in [0.15, 0.2) is 0 Å². The van der Waals surface area contributed by atoms with E-state index in [1.54, 1.807) is 0 Å². The van der Waals surface area contributed by atoms with E-state index in [1.807, 2.05) is 0 Å². The van der Waals surface area contributed by atoms with Crippen LogP contribution in [0.4, 0.5) is 11.5 Å². The Kier molecular flexibility index (Phi) is 4.79. The van der Waals surface area contributed by atoms with Crippen molar-refractivity contribution >= 4 is 17.5 Å². The van der Waals surface area contributed by atoms with Crippen LogP contribution in [0.25, 0.3) is 0 Å². The predicted molar refractivity (Wildman–Crippen MR) is 79.0 cm³/mol. The van der Waals surface area contributed by atoms with Gasteiger partial charge in [-0.25, -0.2) is 9.78 Å². The summed E-state index contributed by atoms with van der Waals surface area (Å²) in [5.41, 5.74) is 6.06. The molecule has 1 fully saturated rings. The summed E-state index contributed by atoms with van der Waals surface area (Å²) in [7, 11) is 0. The summed E-state index contributed by atoms with van der Waals surface area (Å²) in [6.07, 6.45) is 5.26. The van der Waals surface area contributed by atoms with Gasteiger partial charge in [-0.3, -0.25) is 4.90 Å². The monoisotopic (exact) mass is 278 g/mol. The number of hydrogen-bond acceptors (Lipinski definition) is 5. The number of pyridine rings is 1. The van der Waals surface area contributed by atoms with Gasteiger partial charge in [0.2, 0.25) is 0 Å². The van der Waals surface area contributed by atoms with E-state index in [0.717, 1.165) is 13.1 Å². The van der Waals surface area contributed by atoms with Gasteiger partial charge >= 0.3 is 5.97 Å². The molecule has 20 heavy (non-hydrogen) atoms. The Hall–Kier alpha value is -1.82. The molecule has 0 radical (unpaired) electrons. The molecule has 1 saturated heterocycles. The molecule has 1 atom stereocenters. The van der Waals surface area contributed by atoms with Gasteiger partial charge in [-0.1, -0.05) is 6.42 Å². The van der Waals surface area contributed by atoms with Gasteiger partial charge in [-0.05, 0) is 38.9 Å². The van der Waals surface area contributed by atoms with E-state index < -0.39 is 5.97 Å². The summed E-state index contributed by atoms with van der Waals surface area (Å²) in [6.45, 7) is 5.06. The molecule has 2 rings (SSSR count). The first-order valence-corrected chi connectivity index (χ1v) is 7.04. The lowest BCUT2D eigenvalue weighted by atomic mass is 10.1. The minimum absolute atomic E-state index is 0.121. The van der Waals surface area contributed by atoms with E-state index in [9.17, 15) is 4.79 Å². The van der Waals surface area contributed by atoms with E-state index in [1.165, 1.54) is 31.5 Å². The number of nitrogens with two attached hydrogens (primary N) is 1. The number of nitrogens with zero attached hydrogens (tertiary/aromatic N) is 2. The molecule has 1 unspecified atom stereocenters. The first-order chi connectivity index (χ1) is 9.58. The Balaban J connectivity index is 1.97. The van der Waals surface area contributed by atoms with E-state index in [4.69, 9.17) is 10.8 Å². The van der Waals surface area contributed by atoms with Crippen LogP contribution >= 0.6 is 0 Å². The van der Waals surface area contributed by atoms with Crippen molar-refractivity contribution in [3.63, 3.8) is 0 Å². The molecule has 0 aliphatic carbocycles. The number of piperidine rings is 1. The number of aromatic nitrogens is 1. The smallest absolute Gasteiger partial charge is 0.339 e.